The molecule has 3 aromatic rings. The van der Waals surface area contributed by atoms with Gasteiger partial charge in [-0.05, 0) is 18.2 Å². The number of nitrogens with zero attached hydrogens (tertiary/aromatic N) is 8. The predicted octanol–water partition coefficient (Wildman–Crippen LogP) is 3.24. The van der Waals surface area contributed by atoms with E-state index in [1.807, 2.05) is 0 Å². The van der Waals surface area contributed by atoms with Crippen molar-refractivity contribution in [3.63, 3.8) is 0 Å². The van der Waals surface area contributed by atoms with E-state index in [1.165, 1.54) is 68.1 Å². The van der Waals surface area contributed by atoms with E-state index in [4.69, 9.17) is 17.4 Å². The lowest BCUT2D eigenvalue weighted by molar-refractivity contribution is 0.263. The van der Waals surface area contributed by atoms with Gasteiger partial charge in [0.05, 0.1) is 5.48 Å². The molecule has 0 aromatic carbocycles. The van der Waals surface area contributed by atoms with Crippen LogP contribution in [0.3, 0.4) is 0 Å². The number of nitrogens with one attached hydrogen (secondary N) is 1. The third-order valence-electron chi connectivity index (χ3n) is 1.95. The van der Waals surface area contributed by atoms with Crippen LogP contribution < -0.4 is 0 Å². The molecule has 0 bridgehead atoms. The molecule has 10 nitrogen and oxygen atoms in total. The fourth-order valence-electron chi connectivity index (χ4n) is 1.05. The maximum atomic E-state index is 8.68. The van der Waals surface area contributed by atoms with Gasteiger partial charge in [0.2, 0.25) is 0 Å². The van der Waals surface area contributed by atoms with E-state index in [9.17, 15) is 0 Å². The van der Waals surface area contributed by atoms with Crippen LogP contribution in [0.2, 0.25) is 0 Å². The zero-order valence-corrected chi connectivity index (χ0v) is 15.2. The van der Waals surface area contributed by atoms with Crippen LogP contribution in [0.15, 0.2) is 31.6 Å². The van der Waals surface area contributed by atoms with Gasteiger partial charge >= 0.3 is 0 Å². The molecule has 0 aliphatic carbocycles. The molecule has 0 atom stereocenters. The molecule has 3 aromatic heterocycles. The topological polar surface area (TPSA) is 123 Å². The first-order chi connectivity index (χ1) is 14.9. The summed E-state index contributed by atoms with van der Waals surface area (Å²) in [5.41, 5.74) is 0. The van der Waals surface area contributed by atoms with Gasteiger partial charge in [0.15, 0.2) is 5.82 Å². The summed E-state index contributed by atoms with van der Waals surface area (Å²) in [5.74, 6) is 0.234. The third-order valence-corrected chi connectivity index (χ3v) is 1.95. The molecule has 0 radical (unpaired) electrons. The van der Waals surface area contributed by atoms with Gasteiger partial charge in [-0.25, -0.2) is 19.6 Å². The van der Waals surface area contributed by atoms with Gasteiger partial charge in [0, 0.05) is 19.8 Å². The lowest BCUT2D eigenvalue weighted by Gasteiger charge is -1.95. The molecule has 158 valence electrons. The van der Waals surface area contributed by atoms with E-state index in [0.717, 1.165) is 9.36 Å². The van der Waals surface area contributed by atoms with Crippen molar-refractivity contribution in [2.75, 3.05) is 4.38 Å². The zero-order chi connectivity index (χ0) is 25.9. The van der Waals surface area contributed by atoms with Gasteiger partial charge in [0.25, 0.3) is 0 Å². The van der Waals surface area contributed by atoms with Crippen LogP contribution >= 0.6 is 22.6 Å². The summed E-state index contributed by atoms with van der Waals surface area (Å²) in [7, 11) is 0. The van der Waals surface area contributed by atoms with Crippen molar-refractivity contribution in [1.82, 2.24) is 44.7 Å². The number of alkyl halides is 1. The quantitative estimate of drug-likeness (QED) is 0.413. The molecule has 0 unspecified atom stereocenters. The largest absolute Gasteiger partial charge is 0.388 e. The molecular weight excluding hydrogens is 461 g/mol. The molecule has 3 rings (SSSR count). The van der Waals surface area contributed by atoms with E-state index in [2.05, 4.69) is 35.3 Å². The third kappa shape index (κ3) is 17.3. The Morgan fingerprint density at radius 3 is 2.11 bits per heavy atom. The molecule has 0 aliphatic heterocycles. The van der Waals surface area contributed by atoms with Gasteiger partial charge in [-0.15, -0.1) is 0 Å². The number of hydrogen-bond donors (Lipinski definition) is 2. The van der Waals surface area contributed by atoms with E-state index in [-0.39, 0.29) is 34.7 Å². The Bertz CT molecular complexity index is 844. The Hall–Kier alpha value is -1.89. The van der Waals surface area contributed by atoms with E-state index in [0.29, 0.717) is 0 Å². The summed E-state index contributed by atoms with van der Waals surface area (Å²) in [4.78, 5) is 10.8. The number of aromatic amines is 1. The highest BCUT2D eigenvalue weighted by Gasteiger charge is 1.97. The number of aliphatic hydroxyl groups excluding tert-OH is 1. The summed E-state index contributed by atoms with van der Waals surface area (Å²) >= 11 is 1.25. The van der Waals surface area contributed by atoms with Crippen molar-refractivity contribution in [3.05, 3.63) is 37.5 Å². The maximum absolute atomic E-state index is 8.68. The highest BCUT2D eigenvalue weighted by molar-refractivity contribution is 14.1. The van der Waals surface area contributed by atoms with Crippen LogP contribution in [0.4, 0.5) is 0 Å². The number of aliphatic hydroxyl groups is 1. The van der Waals surface area contributed by atoms with E-state index in [1.54, 1.807) is 0 Å². The lowest BCUT2D eigenvalue weighted by atomic mass is 10.6. The monoisotopic (exact) mass is 506 g/mol. The smallest absolute Gasteiger partial charge is 0.152 e. The number of aromatic nitrogens is 9. The second kappa shape index (κ2) is 24.1. The van der Waals surface area contributed by atoms with Crippen LogP contribution in [-0.4, -0.2) is 54.2 Å². The SMILES string of the molecule is C.C.C.[2H]C([2H])(C)n1cncn1.[2H]C([2H])(C)n1ncnc1CO.[2H]C([2H])([2H])C([2H])([2H])I.c1nc[nH]n1. The number of rotatable bonds is 3. The normalized spacial score (nSPS) is 14.9. The van der Waals surface area contributed by atoms with Gasteiger partial charge in [-0.2, -0.15) is 15.3 Å². The average molecular weight is 506 g/mol. The molecular formula is C16H36IN9O. The summed E-state index contributed by atoms with van der Waals surface area (Å²) in [6, 6.07) is 0. The molecule has 0 fully saturated rings. The Balaban J connectivity index is -0.000000190. The van der Waals surface area contributed by atoms with Crippen molar-refractivity contribution >= 4 is 22.6 Å². The molecule has 0 amide bonds. The first-order valence-electron chi connectivity index (χ1n) is 10.7. The van der Waals surface area contributed by atoms with Crippen LogP contribution in [0, 0.1) is 0 Å². The van der Waals surface area contributed by atoms with Crippen molar-refractivity contribution in [3.8, 4) is 0 Å². The minimum atomic E-state index is -2.49. The van der Waals surface area contributed by atoms with Crippen molar-refractivity contribution < 1.29 is 17.4 Å². The Morgan fingerprint density at radius 2 is 1.85 bits per heavy atom. The van der Waals surface area contributed by atoms with Crippen LogP contribution in [0.5, 0.6) is 0 Å². The average Bonchev–Trinajstić information content (AvgIpc) is 3.44. The number of halogens is 1. The summed E-state index contributed by atoms with van der Waals surface area (Å²) in [6.07, 6.45) is 6.83. The Labute approximate surface area is 189 Å². The Kier molecular flexibility index (Phi) is 14.4. The maximum Gasteiger partial charge on any atom is 0.152 e. The second-order valence-electron chi connectivity index (χ2n) is 3.28. The van der Waals surface area contributed by atoms with Crippen molar-refractivity contribution in [1.29, 1.82) is 0 Å². The highest BCUT2D eigenvalue weighted by Crippen LogP contribution is 1.90. The summed E-state index contributed by atoms with van der Waals surface area (Å²) in [5, 5.41) is 21.9. The summed E-state index contributed by atoms with van der Waals surface area (Å²) < 4.78 is 61.8. The molecule has 0 aliphatic rings. The molecule has 0 spiro atoms. The molecule has 2 N–H and O–H groups in total. The van der Waals surface area contributed by atoms with Crippen LogP contribution in [0.1, 0.15) is 61.1 Å². The Morgan fingerprint density at radius 1 is 1.15 bits per heavy atom. The van der Waals surface area contributed by atoms with Gasteiger partial charge in [-0.1, -0.05) is 51.7 Å². The van der Waals surface area contributed by atoms with E-state index < -0.39 is 24.2 Å². The second-order valence-corrected chi connectivity index (χ2v) is 3.82. The number of hydrogen-bond acceptors (Lipinski definition) is 7. The van der Waals surface area contributed by atoms with Gasteiger partial charge < -0.3 is 5.11 Å². The first kappa shape index (κ1) is 16.1. The zero-order valence-electron chi connectivity index (χ0n) is 22.0. The fourth-order valence-corrected chi connectivity index (χ4v) is 1.05. The molecule has 3 heterocycles. The molecule has 11 heteroatoms. The lowest BCUT2D eigenvalue weighted by Crippen LogP contribution is -2.02. The minimum absolute atomic E-state index is 0. The number of H-pyrrole nitrogens is 1. The van der Waals surface area contributed by atoms with Crippen molar-refractivity contribution in [2.45, 2.75) is 62.6 Å². The van der Waals surface area contributed by atoms with Crippen LogP contribution in [0.25, 0.3) is 0 Å². The molecule has 0 saturated carbocycles. The minimum Gasteiger partial charge on any atom is -0.388 e. The van der Waals surface area contributed by atoms with Gasteiger partial charge in [-0.3, -0.25) is 9.78 Å². The molecule has 0 saturated heterocycles. The van der Waals surface area contributed by atoms with Crippen molar-refractivity contribution in [2.24, 2.45) is 0 Å². The fraction of sp³-hybridized carbons (Fsp3) is 0.625. The highest BCUT2D eigenvalue weighted by atomic mass is 127. The van der Waals surface area contributed by atoms with Crippen LogP contribution in [-0.2, 0) is 19.6 Å². The first-order valence-corrected chi connectivity index (χ1v) is 7.32. The number of aryl methyl sites for hydroxylation is 2. The molecule has 27 heavy (non-hydrogen) atoms. The summed E-state index contributed by atoms with van der Waals surface area (Å²) in [6.45, 7) is -3.06. The predicted molar refractivity (Wildman–Crippen MR) is 118 cm³/mol. The van der Waals surface area contributed by atoms with E-state index >= 15 is 0 Å². The van der Waals surface area contributed by atoms with Gasteiger partial charge in [0.1, 0.15) is 38.2 Å². The standard InChI is InChI=1S/C5H9N3O.C4H7N3.C2H5I.C2H3N3.3CH4/c1-2-8-5(3-9)6-4-7-8;1-2-7-4-5-3-6-7;1-2-3;1-3-2-5-4-1;;;/h4,9H,2-3H2,1H3;3-4H,2H2,1H3;2H2,1H3;1-2H,(H,3,4,5);3*1H4/i2*2D2;1D3,2D2;;;;.